The van der Waals surface area contributed by atoms with Gasteiger partial charge in [0.1, 0.15) is 24.7 Å². The highest BCUT2D eigenvalue weighted by atomic mass is 16.6. The van der Waals surface area contributed by atoms with E-state index < -0.39 is 0 Å². The number of nitrogens with zero attached hydrogens (tertiary/aromatic N) is 1. The molecular weight excluding hydrogens is 356 g/mol. The van der Waals surface area contributed by atoms with Crippen LogP contribution in [0.25, 0.3) is 0 Å². The molecule has 3 aromatic carbocycles. The molecule has 0 saturated heterocycles. The van der Waals surface area contributed by atoms with Crippen molar-refractivity contribution < 1.29 is 19.0 Å². The zero-order chi connectivity index (χ0) is 19.3. The van der Waals surface area contributed by atoms with Crippen LogP contribution >= 0.6 is 0 Å². The van der Waals surface area contributed by atoms with E-state index in [1.165, 1.54) is 0 Å². The minimum absolute atomic E-state index is 0.243. The number of carbonyl (C=O) groups is 1. The molecule has 1 aliphatic heterocycles. The molecule has 28 heavy (non-hydrogen) atoms. The van der Waals surface area contributed by atoms with E-state index in [4.69, 9.17) is 19.5 Å². The predicted molar refractivity (Wildman–Crippen MR) is 103 cm³/mol. The second-order valence-corrected chi connectivity index (χ2v) is 6.08. The lowest BCUT2D eigenvalue weighted by molar-refractivity contribution is 0.102. The number of carbonyl (C=O) groups excluding carboxylic acids is 1. The Kier molecular flexibility index (Phi) is 4.81. The van der Waals surface area contributed by atoms with Gasteiger partial charge >= 0.3 is 0 Å². The van der Waals surface area contributed by atoms with Gasteiger partial charge in [0, 0.05) is 11.3 Å². The summed E-state index contributed by atoms with van der Waals surface area (Å²) in [6.07, 6.45) is 0. The van der Waals surface area contributed by atoms with Crippen LogP contribution in [0.2, 0.25) is 0 Å². The number of nitriles is 1. The minimum Gasteiger partial charge on any atom is -0.486 e. The van der Waals surface area contributed by atoms with Gasteiger partial charge in [0.05, 0.1) is 11.6 Å². The van der Waals surface area contributed by atoms with E-state index in [2.05, 4.69) is 11.4 Å². The predicted octanol–water partition coefficient (Wildman–Crippen LogP) is 4.37. The van der Waals surface area contributed by atoms with Crippen molar-refractivity contribution in [1.82, 2.24) is 0 Å². The zero-order valence-corrected chi connectivity index (χ0v) is 14.8. The fourth-order valence-corrected chi connectivity index (χ4v) is 2.76. The molecule has 1 N–H and O–H groups in total. The molecule has 1 heterocycles. The summed E-state index contributed by atoms with van der Waals surface area (Å²) in [5.74, 6) is 2.15. The summed E-state index contributed by atoms with van der Waals surface area (Å²) < 4.78 is 16.7. The Morgan fingerprint density at radius 2 is 1.71 bits per heavy atom. The summed E-state index contributed by atoms with van der Waals surface area (Å²) in [7, 11) is 0. The van der Waals surface area contributed by atoms with Crippen LogP contribution in [-0.4, -0.2) is 19.1 Å². The van der Waals surface area contributed by atoms with Crippen molar-refractivity contribution in [2.45, 2.75) is 0 Å². The van der Waals surface area contributed by atoms with Gasteiger partial charge in [0.2, 0.25) is 0 Å². The highest BCUT2D eigenvalue weighted by Crippen LogP contribution is 2.31. The Labute approximate surface area is 161 Å². The molecule has 138 valence electrons. The van der Waals surface area contributed by atoms with Crippen molar-refractivity contribution in [3.8, 4) is 29.1 Å². The maximum absolute atomic E-state index is 12.5. The summed E-state index contributed by atoms with van der Waals surface area (Å²) in [6, 6.07) is 21.1. The highest BCUT2D eigenvalue weighted by molar-refractivity contribution is 6.04. The topological polar surface area (TPSA) is 80.6 Å². The van der Waals surface area contributed by atoms with Crippen molar-refractivity contribution >= 4 is 11.6 Å². The summed E-state index contributed by atoms with van der Waals surface area (Å²) in [6.45, 7) is 0.977. The second kappa shape index (κ2) is 7.72. The first-order valence-corrected chi connectivity index (χ1v) is 8.70. The third-order valence-electron chi connectivity index (χ3n) is 4.12. The standard InChI is InChI=1S/C22H16N2O4/c23-14-15-2-1-3-19(12-15)28-18-7-5-17(6-8-18)24-22(25)16-4-9-20-21(13-16)27-11-10-26-20/h1-9,12-13H,10-11H2,(H,24,25). The number of nitrogens with one attached hydrogen (secondary N) is 1. The fraction of sp³-hybridized carbons (Fsp3) is 0.0909. The van der Waals surface area contributed by atoms with Crippen LogP contribution in [0.15, 0.2) is 66.7 Å². The van der Waals surface area contributed by atoms with Gasteiger partial charge in [-0.15, -0.1) is 0 Å². The van der Waals surface area contributed by atoms with Gasteiger partial charge in [0.25, 0.3) is 5.91 Å². The first kappa shape index (κ1) is 17.4. The molecule has 0 spiro atoms. The van der Waals surface area contributed by atoms with Crippen LogP contribution < -0.4 is 19.5 Å². The largest absolute Gasteiger partial charge is 0.486 e. The summed E-state index contributed by atoms with van der Waals surface area (Å²) in [5.41, 5.74) is 1.65. The van der Waals surface area contributed by atoms with Gasteiger partial charge in [-0.05, 0) is 60.7 Å². The van der Waals surface area contributed by atoms with Gasteiger partial charge in [-0.25, -0.2) is 0 Å². The summed E-state index contributed by atoms with van der Waals surface area (Å²) in [5, 5.41) is 11.8. The van der Waals surface area contributed by atoms with Gasteiger partial charge in [-0.1, -0.05) is 6.07 Å². The SMILES string of the molecule is N#Cc1cccc(Oc2ccc(NC(=O)c3ccc4c(c3)OCCO4)cc2)c1. The van der Waals surface area contributed by atoms with Crippen molar-refractivity contribution in [2.24, 2.45) is 0 Å². The average molecular weight is 372 g/mol. The van der Waals surface area contributed by atoms with Crippen molar-refractivity contribution in [2.75, 3.05) is 18.5 Å². The van der Waals surface area contributed by atoms with E-state index in [-0.39, 0.29) is 5.91 Å². The molecule has 0 unspecified atom stereocenters. The maximum atomic E-state index is 12.5. The lowest BCUT2D eigenvalue weighted by atomic mass is 10.1. The van der Waals surface area contributed by atoms with Crippen LogP contribution in [-0.2, 0) is 0 Å². The number of amides is 1. The lowest BCUT2D eigenvalue weighted by Crippen LogP contribution is -2.17. The van der Waals surface area contributed by atoms with E-state index in [0.29, 0.717) is 53.0 Å². The quantitative estimate of drug-likeness (QED) is 0.735. The maximum Gasteiger partial charge on any atom is 0.255 e. The summed E-state index contributed by atoms with van der Waals surface area (Å²) in [4.78, 5) is 12.5. The molecule has 0 aromatic heterocycles. The Balaban J connectivity index is 1.43. The molecule has 1 amide bonds. The number of ether oxygens (including phenoxy) is 3. The number of anilines is 1. The monoisotopic (exact) mass is 372 g/mol. The third-order valence-corrected chi connectivity index (χ3v) is 4.12. The number of rotatable bonds is 4. The molecule has 0 atom stereocenters. The lowest BCUT2D eigenvalue weighted by Gasteiger charge is -2.18. The highest BCUT2D eigenvalue weighted by Gasteiger charge is 2.15. The van der Waals surface area contributed by atoms with Gasteiger partial charge in [-0.2, -0.15) is 5.26 Å². The van der Waals surface area contributed by atoms with E-state index in [1.54, 1.807) is 66.7 Å². The van der Waals surface area contributed by atoms with Gasteiger partial charge in [0.15, 0.2) is 11.5 Å². The molecule has 1 aliphatic rings. The summed E-state index contributed by atoms with van der Waals surface area (Å²) >= 11 is 0. The van der Waals surface area contributed by atoms with Gasteiger partial charge < -0.3 is 19.5 Å². The van der Waals surface area contributed by atoms with Crippen LogP contribution in [0.3, 0.4) is 0 Å². The van der Waals surface area contributed by atoms with Crippen molar-refractivity contribution in [3.63, 3.8) is 0 Å². The second-order valence-electron chi connectivity index (χ2n) is 6.08. The first-order valence-electron chi connectivity index (χ1n) is 8.70. The van der Waals surface area contributed by atoms with Crippen LogP contribution in [0.4, 0.5) is 5.69 Å². The number of benzene rings is 3. The van der Waals surface area contributed by atoms with E-state index >= 15 is 0 Å². The Morgan fingerprint density at radius 1 is 0.929 bits per heavy atom. The van der Waals surface area contributed by atoms with E-state index in [0.717, 1.165) is 0 Å². The molecule has 0 fully saturated rings. The number of hydrogen-bond acceptors (Lipinski definition) is 5. The first-order chi connectivity index (χ1) is 13.7. The molecule has 4 rings (SSSR count). The van der Waals surface area contributed by atoms with Crippen LogP contribution in [0.5, 0.6) is 23.0 Å². The minimum atomic E-state index is -0.243. The van der Waals surface area contributed by atoms with Crippen LogP contribution in [0.1, 0.15) is 15.9 Å². The van der Waals surface area contributed by atoms with Crippen molar-refractivity contribution in [1.29, 1.82) is 5.26 Å². The molecule has 6 heteroatoms. The Morgan fingerprint density at radius 3 is 2.50 bits per heavy atom. The van der Waals surface area contributed by atoms with E-state index in [9.17, 15) is 4.79 Å². The van der Waals surface area contributed by atoms with Crippen LogP contribution in [0, 0.1) is 11.3 Å². The molecule has 6 nitrogen and oxygen atoms in total. The normalized spacial score (nSPS) is 12.0. The Bertz CT molecular complexity index is 1050. The molecule has 3 aromatic rings. The number of hydrogen-bond donors (Lipinski definition) is 1. The fourth-order valence-electron chi connectivity index (χ4n) is 2.76. The average Bonchev–Trinajstić information content (AvgIpc) is 2.75. The van der Waals surface area contributed by atoms with Gasteiger partial charge in [-0.3, -0.25) is 4.79 Å². The molecule has 0 aliphatic carbocycles. The number of fused-ring (bicyclic) bond motifs is 1. The zero-order valence-electron chi connectivity index (χ0n) is 14.8. The Hall–Kier alpha value is -3.98. The van der Waals surface area contributed by atoms with Crippen molar-refractivity contribution in [3.05, 3.63) is 77.9 Å². The molecule has 0 radical (unpaired) electrons. The molecule has 0 saturated carbocycles. The molecular formula is C22H16N2O4. The third kappa shape index (κ3) is 3.89. The smallest absolute Gasteiger partial charge is 0.255 e. The molecule has 0 bridgehead atoms. The van der Waals surface area contributed by atoms with E-state index in [1.807, 2.05) is 0 Å².